The van der Waals surface area contributed by atoms with Gasteiger partial charge in [0, 0.05) is 11.4 Å². The third kappa shape index (κ3) is 2.79. The highest BCUT2D eigenvalue weighted by Gasteiger charge is 2.25. The maximum absolute atomic E-state index is 4.64. The lowest BCUT2D eigenvalue weighted by molar-refractivity contribution is 0.605. The molecule has 0 atom stereocenters. The van der Waals surface area contributed by atoms with Gasteiger partial charge in [0.05, 0.1) is 5.54 Å². The summed E-state index contributed by atoms with van der Waals surface area (Å²) in [6.45, 7) is 6.50. The molecule has 0 unspecified atom stereocenters. The minimum absolute atomic E-state index is 0.0787. The molecular formula is C13H18N2S. The van der Waals surface area contributed by atoms with Gasteiger partial charge in [0.1, 0.15) is 0 Å². The number of anilines is 1. The zero-order valence-corrected chi connectivity index (χ0v) is 10.9. The monoisotopic (exact) mass is 234 g/mol. The molecule has 1 aromatic carbocycles. The van der Waals surface area contributed by atoms with Crippen molar-refractivity contribution in [1.82, 2.24) is 0 Å². The van der Waals surface area contributed by atoms with Crippen LogP contribution in [-0.2, 0) is 6.42 Å². The van der Waals surface area contributed by atoms with E-state index in [0.29, 0.717) is 0 Å². The van der Waals surface area contributed by atoms with E-state index in [2.05, 4.69) is 55.3 Å². The second-order valence-electron chi connectivity index (χ2n) is 4.70. The van der Waals surface area contributed by atoms with Gasteiger partial charge in [0.2, 0.25) is 0 Å². The van der Waals surface area contributed by atoms with Crippen molar-refractivity contribution in [3.8, 4) is 0 Å². The van der Waals surface area contributed by atoms with E-state index >= 15 is 0 Å². The van der Waals surface area contributed by atoms with Crippen LogP contribution in [0.3, 0.4) is 0 Å². The molecule has 2 nitrogen and oxygen atoms in total. The van der Waals surface area contributed by atoms with Gasteiger partial charge in [-0.25, -0.2) is 0 Å². The molecule has 0 spiro atoms. The lowest BCUT2D eigenvalue weighted by atomic mass is 10.1. The molecule has 1 heterocycles. The molecule has 1 N–H and O–H groups in total. The second kappa shape index (κ2) is 4.50. The van der Waals surface area contributed by atoms with Gasteiger partial charge >= 0.3 is 0 Å². The summed E-state index contributed by atoms with van der Waals surface area (Å²) < 4.78 is 0. The molecule has 0 saturated heterocycles. The Hall–Kier alpha value is -0.960. The molecule has 1 aliphatic rings. The Kier molecular flexibility index (Phi) is 3.24. The molecule has 1 aliphatic heterocycles. The van der Waals surface area contributed by atoms with E-state index in [-0.39, 0.29) is 5.54 Å². The highest BCUT2D eigenvalue weighted by molar-refractivity contribution is 8.14. The number of thioether (sulfide) groups is 1. The van der Waals surface area contributed by atoms with Crippen molar-refractivity contribution >= 4 is 22.6 Å². The molecule has 16 heavy (non-hydrogen) atoms. The number of aryl methyl sites for hydroxylation is 1. The summed E-state index contributed by atoms with van der Waals surface area (Å²) in [5.41, 5.74) is 2.58. The van der Waals surface area contributed by atoms with Crippen molar-refractivity contribution in [2.45, 2.75) is 32.7 Å². The molecule has 1 aromatic rings. The fourth-order valence-corrected chi connectivity index (χ4v) is 2.70. The first-order chi connectivity index (χ1) is 7.59. The van der Waals surface area contributed by atoms with Gasteiger partial charge in [-0.1, -0.05) is 30.8 Å². The zero-order valence-electron chi connectivity index (χ0n) is 10.1. The van der Waals surface area contributed by atoms with Crippen molar-refractivity contribution in [2.75, 3.05) is 11.1 Å². The standard InChI is InChI=1S/C13H18N2S/c1-4-10-6-5-7-11(8-10)14-12-15-13(2,3)9-16-12/h5-8H,4,9H2,1-3H3,(H,14,15). The normalized spacial score (nSPS) is 18.3. The Morgan fingerprint density at radius 1 is 1.44 bits per heavy atom. The van der Waals surface area contributed by atoms with Crippen LogP contribution < -0.4 is 5.32 Å². The minimum atomic E-state index is 0.0787. The van der Waals surface area contributed by atoms with E-state index < -0.39 is 0 Å². The molecular weight excluding hydrogens is 216 g/mol. The van der Waals surface area contributed by atoms with Gasteiger partial charge in [-0.05, 0) is 38.0 Å². The van der Waals surface area contributed by atoms with Crippen LogP contribution >= 0.6 is 11.8 Å². The molecule has 0 bridgehead atoms. The van der Waals surface area contributed by atoms with E-state index in [9.17, 15) is 0 Å². The highest BCUT2D eigenvalue weighted by atomic mass is 32.2. The number of nitrogens with one attached hydrogen (secondary N) is 1. The lowest BCUT2D eigenvalue weighted by Crippen LogP contribution is -2.15. The number of hydrogen-bond acceptors (Lipinski definition) is 3. The van der Waals surface area contributed by atoms with Crippen LogP contribution in [-0.4, -0.2) is 16.5 Å². The Bertz CT molecular complexity index is 410. The van der Waals surface area contributed by atoms with E-state index in [1.807, 2.05) is 0 Å². The predicted octanol–water partition coefficient (Wildman–Crippen LogP) is 3.54. The second-order valence-corrected chi connectivity index (χ2v) is 5.66. The van der Waals surface area contributed by atoms with Crippen LogP contribution in [0.2, 0.25) is 0 Å². The van der Waals surface area contributed by atoms with E-state index in [4.69, 9.17) is 0 Å². The van der Waals surface area contributed by atoms with Gasteiger partial charge < -0.3 is 5.32 Å². The van der Waals surface area contributed by atoms with Crippen molar-refractivity contribution in [1.29, 1.82) is 0 Å². The number of hydrogen-bond donors (Lipinski definition) is 1. The summed E-state index contributed by atoms with van der Waals surface area (Å²) in [6, 6.07) is 8.52. The van der Waals surface area contributed by atoms with E-state index in [0.717, 1.165) is 23.0 Å². The third-order valence-electron chi connectivity index (χ3n) is 2.55. The summed E-state index contributed by atoms with van der Waals surface area (Å²) in [5, 5.41) is 4.42. The Balaban J connectivity index is 2.10. The Morgan fingerprint density at radius 2 is 2.25 bits per heavy atom. The van der Waals surface area contributed by atoms with Crippen molar-refractivity contribution < 1.29 is 0 Å². The number of aliphatic imine (C=N–C) groups is 1. The van der Waals surface area contributed by atoms with E-state index in [1.165, 1.54) is 5.56 Å². The summed E-state index contributed by atoms with van der Waals surface area (Å²) in [7, 11) is 0. The SMILES string of the molecule is CCc1cccc(NC2=NC(C)(C)CS2)c1. The highest BCUT2D eigenvalue weighted by Crippen LogP contribution is 2.27. The third-order valence-corrected chi connectivity index (χ3v) is 3.87. The summed E-state index contributed by atoms with van der Waals surface area (Å²) in [5.74, 6) is 1.06. The zero-order chi connectivity index (χ0) is 11.6. The fourth-order valence-electron chi connectivity index (χ4n) is 1.64. The largest absolute Gasteiger partial charge is 0.335 e. The number of benzene rings is 1. The number of amidine groups is 1. The van der Waals surface area contributed by atoms with Gasteiger partial charge in [-0.15, -0.1) is 0 Å². The Morgan fingerprint density at radius 3 is 2.88 bits per heavy atom. The Labute approximate surface area is 102 Å². The lowest BCUT2D eigenvalue weighted by Gasteiger charge is -2.09. The fraction of sp³-hybridized carbons (Fsp3) is 0.462. The molecule has 0 aliphatic carbocycles. The quantitative estimate of drug-likeness (QED) is 0.846. The van der Waals surface area contributed by atoms with Crippen LogP contribution in [0.15, 0.2) is 29.3 Å². The average molecular weight is 234 g/mol. The predicted molar refractivity (Wildman–Crippen MR) is 73.4 cm³/mol. The molecule has 3 heteroatoms. The van der Waals surface area contributed by atoms with Crippen LogP contribution in [0.1, 0.15) is 26.3 Å². The van der Waals surface area contributed by atoms with Gasteiger partial charge in [0.15, 0.2) is 5.17 Å². The molecule has 86 valence electrons. The maximum Gasteiger partial charge on any atom is 0.161 e. The minimum Gasteiger partial charge on any atom is -0.335 e. The first-order valence-electron chi connectivity index (χ1n) is 5.68. The molecule has 0 radical (unpaired) electrons. The first kappa shape index (κ1) is 11.5. The molecule has 0 saturated carbocycles. The van der Waals surface area contributed by atoms with Crippen LogP contribution in [0.5, 0.6) is 0 Å². The van der Waals surface area contributed by atoms with Crippen LogP contribution in [0.4, 0.5) is 5.69 Å². The van der Waals surface area contributed by atoms with Gasteiger partial charge in [0.25, 0.3) is 0 Å². The smallest absolute Gasteiger partial charge is 0.161 e. The van der Waals surface area contributed by atoms with Crippen LogP contribution in [0.25, 0.3) is 0 Å². The van der Waals surface area contributed by atoms with Crippen molar-refractivity contribution in [2.24, 2.45) is 4.99 Å². The topological polar surface area (TPSA) is 24.4 Å². The first-order valence-corrected chi connectivity index (χ1v) is 6.66. The summed E-state index contributed by atoms with van der Waals surface area (Å²) in [6.07, 6.45) is 1.07. The molecule has 2 rings (SSSR count). The summed E-state index contributed by atoms with van der Waals surface area (Å²) >= 11 is 1.80. The van der Waals surface area contributed by atoms with E-state index in [1.54, 1.807) is 11.8 Å². The average Bonchev–Trinajstić information content (AvgIpc) is 2.58. The maximum atomic E-state index is 4.64. The van der Waals surface area contributed by atoms with Gasteiger partial charge in [-0.2, -0.15) is 0 Å². The van der Waals surface area contributed by atoms with Crippen molar-refractivity contribution in [3.05, 3.63) is 29.8 Å². The molecule has 0 aromatic heterocycles. The van der Waals surface area contributed by atoms with Gasteiger partial charge in [-0.3, -0.25) is 4.99 Å². The summed E-state index contributed by atoms with van der Waals surface area (Å²) in [4.78, 5) is 4.64. The van der Waals surface area contributed by atoms with Crippen LogP contribution in [0, 0.1) is 0 Å². The molecule has 0 fully saturated rings. The number of rotatable bonds is 2. The number of nitrogens with zero attached hydrogens (tertiary/aromatic N) is 1. The van der Waals surface area contributed by atoms with Crippen molar-refractivity contribution in [3.63, 3.8) is 0 Å². The molecule has 0 amide bonds.